The molecule has 0 spiro atoms. The van der Waals surface area contributed by atoms with Crippen LogP contribution >= 0.6 is 12.2 Å². The molecule has 0 unspecified atom stereocenters. The Kier molecular flexibility index (Phi) is 5.31. The third-order valence-electron chi connectivity index (χ3n) is 5.17. The average Bonchev–Trinajstić information content (AvgIpc) is 2.97. The van der Waals surface area contributed by atoms with E-state index in [1.165, 1.54) is 16.3 Å². The van der Waals surface area contributed by atoms with Crippen LogP contribution in [0.15, 0.2) is 54.7 Å². The predicted molar refractivity (Wildman–Crippen MR) is 107 cm³/mol. The number of aryl methyl sites for hydroxylation is 1. The van der Waals surface area contributed by atoms with Crippen LogP contribution in [-0.2, 0) is 13.2 Å². The second-order valence-electron chi connectivity index (χ2n) is 7.04. The lowest BCUT2D eigenvalue weighted by atomic mass is 10.2. The van der Waals surface area contributed by atoms with Crippen molar-refractivity contribution >= 4 is 18.0 Å². The second kappa shape index (κ2) is 8.02. The van der Waals surface area contributed by atoms with Crippen molar-refractivity contribution in [3.8, 4) is 0 Å². The van der Waals surface area contributed by atoms with Crippen molar-refractivity contribution in [2.75, 3.05) is 31.1 Å². The molecule has 1 aliphatic rings. The number of benzene rings is 1. The second-order valence-corrected chi connectivity index (χ2v) is 7.41. The topological polar surface area (TPSA) is 44.6 Å². The molecule has 1 saturated heterocycles. The first-order chi connectivity index (χ1) is 13.2. The van der Waals surface area contributed by atoms with Crippen molar-refractivity contribution in [1.29, 1.82) is 0 Å². The predicted octanol–water partition coefficient (Wildman–Crippen LogP) is 0.948. The number of nitrogens with one attached hydrogen (secondary N) is 2. The molecule has 7 heteroatoms. The maximum Gasteiger partial charge on any atom is 0.274 e. The van der Waals surface area contributed by atoms with Gasteiger partial charge in [0.15, 0.2) is 6.67 Å². The number of pyridine rings is 1. The SMILES string of the molecule is Cc1nn(C[NH+]2CCN(c3cccc[nH+]3)CC2)c(=S)n1Cc1ccccc1. The number of hydrogen-bond donors (Lipinski definition) is 1. The van der Waals surface area contributed by atoms with Gasteiger partial charge in [0.2, 0.25) is 4.77 Å². The van der Waals surface area contributed by atoms with Gasteiger partial charge in [-0.05, 0) is 30.8 Å². The zero-order valence-electron chi connectivity index (χ0n) is 15.6. The summed E-state index contributed by atoms with van der Waals surface area (Å²) in [4.78, 5) is 7.25. The molecular formula is C20H26N6S+2. The van der Waals surface area contributed by atoms with Crippen LogP contribution in [0.25, 0.3) is 0 Å². The zero-order valence-corrected chi connectivity index (χ0v) is 16.5. The molecule has 0 radical (unpaired) electrons. The number of aromatic nitrogens is 4. The molecule has 0 aliphatic carbocycles. The van der Waals surface area contributed by atoms with Crippen LogP contribution in [0, 0.1) is 11.7 Å². The maximum absolute atomic E-state index is 5.71. The van der Waals surface area contributed by atoms with Gasteiger partial charge in [-0.3, -0.25) is 9.47 Å². The van der Waals surface area contributed by atoms with Gasteiger partial charge in [0, 0.05) is 6.07 Å². The summed E-state index contributed by atoms with van der Waals surface area (Å²) in [5, 5.41) is 4.71. The van der Waals surface area contributed by atoms with E-state index < -0.39 is 0 Å². The molecule has 27 heavy (non-hydrogen) atoms. The lowest BCUT2D eigenvalue weighted by molar-refractivity contribution is -0.924. The largest absolute Gasteiger partial charge is 0.310 e. The molecule has 2 aromatic heterocycles. The Balaban J connectivity index is 1.41. The Morgan fingerprint density at radius 3 is 2.52 bits per heavy atom. The van der Waals surface area contributed by atoms with Crippen molar-refractivity contribution in [3.05, 3.63) is 70.9 Å². The molecule has 4 rings (SSSR count). The molecule has 140 valence electrons. The summed E-state index contributed by atoms with van der Waals surface area (Å²) in [6.07, 6.45) is 1.98. The van der Waals surface area contributed by atoms with Crippen molar-refractivity contribution in [2.24, 2.45) is 0 Å². The van der Waals surface area contributed by atoms with Crippen molar-refractivity contribution in [1.82, 2.24) is 14.3 Å². The van der Waals surface area contributed by atoms with Crippen LogP contribution < -0.4 is 14.8 Å². The van der Waals surface area contributed by atoms with E-state index in [0.29, 0.717) is 0 Å². The fourth-order valence-corrected chi connectivity index (χ4v) is 3.92. The van der Waals surface area contributed by atoms with E-state index in [9.17, 15) is 0 Å². The van der Waals surface area contributed by atoms with Gasteiger partial charge in [-0.15, -0.1) is 0 Å². The number of anilines is 1. The zero-order chi connectivity index (χ0) is 18.6. The summed E-state index contributed by atoms with van der Waals surface area (Å²) in [6.45, 7) is 7.87. The van der Waals surface area contributed by atoms with Gasteiger partial charge in [-0.2, -0.15) is 9.78 Å². The normalized spacial score (nSPS) is 15.2. The number of nitrogens with zero attached hydrogens (tertiary/aromatic N) is 4. The number of quaternary nitrogens is 1. The number of aromatic amines is 1. The molecule has 0 saturated carbocycles. The van der Waals surface area contributed by atoms with E-state index in [4.69, 9.17) is 17.3 Å². The van der Waals surface area contributed by atoms with Crippen LogP contribution in [0.4, 0.5) is 5.82 Å². The molecule has 2 N–H and O–H groups in total. The molecule has 1 aromatic carbocycles. The molecule has 0 bridgehead atoms. The standard InChI is InChI=1S/C20H24N6S/c1-17-22-26(20(27)25(17)15-18-7-3-2-4-8-18)16-23-11-13-24(14-12-23)19-9-5-6-10-21-19/h2-10H,11-16H2,1H3/p+2. The molecule has 3 heterocycles. The van der Waals surface area contributed by atoms with Crippen LogP contribution in [0.5, 0.6) is 0 Å². The highest BCUT2D eigenvalue weighted by atomic mass is 32.1. The first kappa shape index (κ1) is 17.9. The summed E-state index contributed by atoms with van der Waals surface area (Å²) in [6, 6.07) is 16.6. The minimum Gasteiger partial charge on any atom is -0.310 e. The lowest BCUT2D eigenvalue weighted by Gasteiger charge is -2.27. The highest BCUT2D eigenvalue weighted by Crippen LogP contribution is 2.07. The van der Waals surface area contributed by atoms with Crippen LogP contribution in [-0.4, -0.2) is 40.5 Å². The third-order valence-corrected chi connectivity index (χ3v) is 5.60. The summed E-state index contributed by atoms with van der Waals surface area (Å²) >= 11 is 5.71. The Hall–Kier alpha value is -2.51. The highest BCUT2D eigenvalue weighted by molar-refractivity contribution is 7.71. The van der Waals surface area contributed by atoms with Gasteiger partial charge in [0.25, 0.3) is 5.82 Å². The number of H-pyrrole nitrogens is 1. The summed E-state index contributed by atoms with van der Waals surface area (Å²) in [5.74, 6) is 2.16. The average molecular weight is 383 g/mol. The fourth-order valence-electron chi connectivity index (χ4n) is 3.61. The van der Waals surface area contributed by atoms with Gasteiger partial charge in [-0.25, -0.2) is 4.98 Å². The number of hydrogen-bond acceptors (Lipinski definition) is 3. The quantitative estimate of drug-likeness (QED) is 0.668. The molecule has 1 fully saturated rings. The van der Waals surface area contributed by atoms with Gasteiger partial charge in [-0.1, -0.05) is 36.4 Å². The van der Waals surface area contributed by atoms with Gasteiger partial charge in [0.05, 0.1) is 12.7 Å². The molecule has 3 aromatic rings. The van der Waals surface area contributed by atoms with Crippen LogP contribution in [0.2, 0.25) is 0 Å². The Morgan fingerprint density at radius 1 is 1.07 bits per heavy atom. The van der Waals surface area contributed by atoms with Crippen molar-refractivity contribution in [3.63, 3.8) is 0 Å². The number of piperazine rings is 1. The Bertz CT molecular complexity index is 926. The highest BCUT2D eigenvalue weighted by Gasteiger charge is 2.26. The smallest absolute Gasteiger partial charge is 0.274 e. The van der Waals surface area contributed by atoms with E-state index in [2.05, 4.69) is 50.8 Å². The third kappa shape index (κ3) is 4.09. The minimum atomic E-state index is 0.776. The van der Waals surface area contributed by atoms with E-state index in [1.54, 1.807) is 0 Å². The summed E-state index contributed by atoms with van der Waals surface area (Å²) in [7, 11) is 0. The first-order valence-corrected chi connectivity index (χ1v) is 9.85. The Labute approximate surface area is 164 Å². The molecule has 6 nitrogen and oxygen atoms in total. The van der Waals surface area contributed by atoms with E-state index in [-0.39, 0.29) is 0 Å². The molecule has 0 amide bonds. The van der Waals surface area contributed by atoms with Crippen molar-refractivity contribution in [2.45, 2.75) is 20.1 Å². The van der Waals surface area contributed by atoms with Gasteiger partial charge in [0.1, 0.15) is 32.0 Å². The van der Waals surface area contributed by atoms with Crippen LogP contribution in [0.3, 0.4) is 0 Å². The number of rotatable bonds is 5. The van der Waals surface area contributed by atoms with Crippen LogP contribution in [0.1, 0.15) is 11.4 Å². The maximum atomic E-state index is 5.71. The van der Waals surface area contributed by atoms with E-state index in [0.717, 1.165) is 50.0 Å². The molecule has 0 atom stereocenters. The summed E-state index contributed by atoms with van der Waals surface area (Å²) in [5.41, 5.74) is 1.25. The lowest BCUT2D eigenvalue weighted by Crippen LogP contribution is -3.14. The van der Waals surface area contributed by atoms with E-state index >= 15 is 0 Å². The Morgan fingerprint density at radius 2 is 1.81 bits per heavy atom. The van der Waals surface area contributed by atoms with Crippen molar-refractivity contribution < 1.29 is 9.88 Å². The molecular weight excluding hydrogens is 356 g/mol. The molecule has 1 aliphatic heterocycles. The van der Waals surface area contributed by atoms with E-state index in [1.807, 2.05) is 29.9 Å². The van der Waals surface area contributed by atoms with Gasteiger partial charge >= 0.3 is 0 Å². The minimum absolute atomic E-state index is 0.776. The summed E-state index contributed by atoms with van der Waals surface area (Å²) < 4.78 is 4.93. The monoisotopic (exact) mass is 382 g/mol. The van der Waals surface area contributed by atoms with Gasteiger partial charge < -0.3 is 4.90 Å². The first-order valence-electron chi connectivity index (χ1n) is 9.44. The fraction of sp³-hybridized carbons (Fsp3) is 0.350.